The zero-order valence-electron chi connectivity index (χ0n) is 13.6. The fourth-order valence-corrected chi connectivity index (χ4v) is 3.48. The van der Waals surface area contributed by atoms with Gasteiger partial charge in [-0.05, 0) is 68.9 Å². The number of hydrogen-bond donors (Lipinski definition) is 1. The number of benzene rings is 1. The highest BCUT2D eigenvalue weighted by Gasteiger charge is 2.17. The summed E-state index contributed by atoms with van der Waals surface area (Å²) >= 11 is 0. The third-order valence-electron chi connectivity index (χ3n) is 4.82. The van der Waals surface area contributed by atoms with Crippen LogP contribution in [-0.2, 0) is 0 Å². The average Bonchev–Trinajstić information content (AvgIpc) is 3.09. The summed E-state index contributed by atoms with van der Waals surface area (Å²) in [6, 6.07) is 6.43. The second-order valence-electron chi connectivity index (χ2n) is 6.35. The molecule has 1 unspecified atom stereocenters. The Morgan fingerprint density at radius 1 is 1.18 bits per heavy atom. The number of nitrogens with one attached hydrogen (secondary N) is 1. The molecule has 0 aromatic heterocycles. The minimum Gasteiger partial charge on any atom is -0.493 e. The molecule has 122 valence electrons. The van der Waals surface area contributed by atoms with Crippen LogP contribution in [0.4, 0.5) is 0 Å². The van der Waals surface area contributed by atoms with Crippen LogP contribution in [0.3, 0.4) is 0 Å². The van der Waals surface area contributed by atoms with Crippen molar-refractivity contribution in [2.24, 2.45) is 0 Å². The molecule has 2 aliphatic rings. The third-order valence-corrected chi connectivity index (χ3v) is 4.82. The van der Waals surface area contributed by atoms with Gasteiger partial charge in [0.1, 0.15) is 6.61 Å². The van der Waals surface area contributed by atoms with E-state index in [9.17, 15) is 0 Å². The van der Waals surface area contributed by atoms with Crippen molar-refractivity contribution in [2.75, 3.05) is 46.4 Å². The van der Waals surface area contributed by atoms with E-state index in [0.717, 1.165) is 37.7 Å². The van der Waals surface area contributed by atoms with E-state index in [1.165, 1.54) is 44.3 Å². The summed E-state index contributed by atoms with van der Waals surface area (Å²) in [6.45, 7) is 6.39. The molecule has 2 aliphatic heterocycles. The molecule has 0 bridgehead atoms. The molecular weight excluding hydrogens is 276 g/mol. The minimum absolute atomic E-state index is 0.598. The summed E-state index contributed by atoms with van der Waals surface area (Å²) in [5.41, 5.74) is 1.36. The topological polar surface area (TPSA) is 33.7 Å². The predicted octanol–water partition coefficient (Wildman–Crippen LogP) is 2.64. The van der Waals surface area contributed by atoms with Gasteiger partial charge in [0.2, 0.25) is 0 Å². The van der Waals surface area contributed by atoms with Crippen molar-refractivity contribution in [3.63, 3.8) is 0 Å². The first-order valence-electron chi connectivity index (χ1n) is 8.60. The highest BCUT2D eigenvalue weighted by Crippen LogP contribution is 2.33. The number of methoxy groups -OCH3 is 1. The van der Waals surface area contributed by atoms with Crippen molar-refractivity contribution < 1.29 is 9.47 Å². The molecule has 0 saturated carbocycles. The number of nitrogens with zero attached hydrogens (tertiary/aromatic N) is 1. The molecular formula is C18H28N2O2. The second kappa shape index (κ2) is 7.84. The zero-order chi connectivity index (χ0) is 15.2. The Morgan fingerprint density at radius 2 is 2.05 bits per heavy atom. The Balaban J connectivity index is 1.58. The van der Waals surface area contributed by atoms with Gasteiger partial charge in [0.15, 0.2) is 11.5 Å². The van der Waals surface area contributed by atoms with E-state index in [-0.39, 0.29) is 0 Å². The quantitative estimate of drug-likeness (QED) is 0.876. The molecule has 1 aromatic carbocycles. The van der Waals surface area contributed by atoms with Crippen LogP contribution >= 0.6 is 0 Å². The Kier molecular flexibility index (Phi) is 5.57. The van der Waals surface area contributed by atoms with Gasteiger partial charge in [-0.25, -0.2) is 0 Å². The number of hydrogen-bond acceptors (Lipinski definition) is 4. The monoisotopic (exact) mass is 304 g/mol. The van der Waals surface area contributed by atoms with Crippen LogP contribution in [0.1, 0.15) is 37.2 Å². The van der Waals surface area contributed by atoms with Gasteiger partial charge in [-0.3, -0.25) is 4.90 Å². The maximum absolute atomic E-state index is 5.95. The van der Waals surface area contributed by atoms with Crippen LogP contribution in [0.5, 0.6) is 11.5 Å². The van der Waals surface area contributed by atoms with E-state index >= 15 is 0 Å². The lowest BCUT2D eigenvalue weighted by Gasteiger charge is -2.24. The second-order valence-corrected chi connectivity index (χ2v) is 6.35. The third kappa shape index (κ3) is 3.93. The van der Waals surface area contributed by atoms with Crippen molar-refractivity contribution in [3.05, 3.63) is 23.8 Å². The Bertz CT molecular complexity index is 466. The van der Waals surface area contributed by atoms with Crippen molar-refractivity contribution >= 4 is 0 Å². The number of piperidine rings is 1. The molecule has 3 rings (SSSR count). The van der Waals surface area contributed by atoms with Gasteiger partial charge in [0.05, 0.1) is 7.11 Å². The Morgan fingerprint density at radius 3 is 2.77 bits per heavy atom. The molecule has 22 heavy (non-hydrogen) atoms. The maximum Gasteiger partial charge on any atom is 0.161 e. The molecule has 0 aliphatic carbocycles. The van der Waals surface area contributed by atoms with Gasteiger partial charge >= 0.3 is 0 Å². The van der Waals surface area contributed by atoms with Crippen molar-refractivity contribution in [1.29, 1.82) is 0 Å². The molecule has 4 heteroatoms. The van der Waals surface area contributed by atoms with E-state index in [0.29, 0.717) is 5.92 Å². The Hall–Kier alpha value is -1.26. The largest absolute Gasteiger partial charge is 0.493 e. The first-order chi connectivity index (χ1) is 10.9. The van der Waals surface area contributed by atoms with Crippen molar-refractivity contribution in [1.82, 2.24) is 10.2 Å². The molecule has 0 spiro atoms. The van der Waals surface area contributed by atoms with E-state index < -0.39 is 0 Å². The van der Waals surface area contributed by atoms with Crippen LogP contribution < -0.4 is 14.8 Å². The van der Waals surface area contributed by atoms with Gasteiger partial charge in [0, 0.05) is 13.1 Å². The van der Waals surface area contributed by atoms with Gasteiger partial charge in [-0.2, -0.15) is 0 Å². The standard InChI is InChI=1S/C18H28N2O2/c1-21-18-13-15(16-5-4-8-19-14-16)6-7-17(18)22-12-11-20-9-2-3-10-20/h6-7,13,16,19H,2-5,8-12,14H2,1H3. The van der Waals surface area contributed by atoms with Crippen LogP contribution in [0.2, 0.25) is 0 Å². The van der Waals surface area contributed by atoms with E-state index in [1.807, 2.05) is 0 Å². The normalized spacial score (nSPS) is 22.7. The molecule has 0 radical (unpaired) electrons. The van der Waals surface area contributed by atoms with Crippen molar-refractivity contribution in [2.45, 2.75) is 31.6 Å². The maximum atomic E-state index is 5.95. The molecule has 0 amide bonds. The highest BCUT2D eigenvalue weighted by atomic mass is 16.5. The fourth-order valence-electron chi connectivity index (χ4n) is 3.48. The predicted molar refractivity (Wildman–Crippen MR) is 89.0 cm³/mol. The zero-order valence-corrected chi connectivity index (χ0v) is 13.6. The molecule has 2 saturated heterocycles. The number of likely N-dealkylation sites (tertiary alicyclic amines) is 1. The number of ether oxygens (including phenoxy) is 2. The lowest BCUT2D eigenvalue weighted by Crippen LogP contribution is -2.28. The first-order valence-corrected chi connectivity index (χ1v) is 8.60. The molecule has 2 heterocycles. The van der Waals surface area contributed by atoms with E-state index in [4.69, 9.17) is 9.47 Å². The van der Waals surface area contributed by atoms with E-state index in [2.05, 4.69) is 28.4 Å². The van der Waals surface area contributed by atoms with Crippen molar-refractivity contribution in [3.8, 4) is 11.5 Å². The minimum atomic E-state index is 0.598. The average molecular weight is 304 g/mol. The molecule has 4 nitrogen and oxygen atoms in total. The first kappa shape index (κ1) is 15.6. The summed E-state index contributed by atoms with van der Waals surface area (Å²) in [6.07, 6.45) is 5.16. The fraction of sp³-hybridized carbons (Fsp3) is 0.667. The summed E-state index contributed by atoms with van der Waals surface area (Å²) < 4.78 is 11.5. The molecule has 2 fully saturated rings. The number of rotatable bonds is 6. The lowest BCUT2D eigenvalue weighted by atomic mass is 9.91. The molecule has 1 N–H and O–H groups in total. The summed E-state index contributed by atoms with van der Waals surface area (Å²) in [5, 5.41) is 3.47. The summed E-state index contributed by atoms with van der Waals surface area (Å²) in [7, 11) is 1.73. The van der Waals surface area contributed by atoms with Gasteiger partial charge in [-0.1, -0.05) is 6.07 Å². The summed E-state index contributed by atoms with van der Waals surface area (Å²) in [4.78, 5) is 2.47. The smallest absolute Gasteiger partial charge is 0.161 e. The van der Waals surface area contributed by atoms with Gasteiger partial charge in [-0.15, -0.1) is 0 Å². The Labute approximate surface area is 133 Å². The van der Waals surface area contributed by atoms with Crippen LogP contribution in [0.25, 0.3) is 0 Å². The van der Waals surface area contributed by atoms with Crippen LogP contribution in [-0.4, -0.2) is 51.3 Å². The SMILES string of the molecule is COc1cc(C2CCCNC2)ccc1OCCN1CCCC1. The highest BCUT2D eigenvalue weighted by molar-refractivity contribution is 5.44. The van der Waals surface area contributed by atoms with Gasteiger partial charge in [0.25, 0.3) is 0 Å². The summed E-state index contributed by atoms with van der Waals surface area (Å²) in [5.74, 6) is 2.33. The van der Waals surface area contributed by atoms with E-state index in [1.54, 1.807) is 7.11 Å². The van der Waals surface area contributed by atoms with Crippen LogP contribution in [0, 0.1) is 0 Å². The molecule has 1 atom stereocenters. The van der Waals surface area contributed by atoms with Gasteiger partial charge < -0.3 is 14.8 Å². The molecule has 1 aromatic rings. The lowest BCUT2D eigenvalue weighted by molar-refractivity contribution is 0.230. The van der Waals surface area contributed by atoms with Crippen LogP contribution in [0.15, 0.2) is 18.2 Å².